The molecule has 22 heavy (non-hydrogen) atoms. The van der Waals surface area contributed by atoms with E-state index in [1.54, 1.807) is 0 Å². The van der Waals surface area contributed by atoms with Crippen LogP contribution in [0.3, 0.4) is 0 Å². The molecule has 1 heterocycles. The van der Waals surface area contributed by atoms with Gasteiger partial charge in [-0.2, -0.15) is 0 Å². The number of nitrogens with one attached hydrogen (secondary N) is 1. The summed E-state index contributed by atoms with van der Waals surface area (Å²) < 4.78 is 0. The molecule has 2 amide bonds. The molecule has 1 aromatic carbocycles. The second kappa shape index (κ2) is 7.43. The second-order valence-corrected chi connectivity index (χ2v) is 6.24. The summed E-state index contributed by atoms with van der Waals surface area (Å²) in [6.45, 7) is 6.68. The zero-order valence-electron chi connectivity index (χ0n) is 13.8. The number of rotatable bonds is 5. The van der Waals surface area contributed by atoms with Gasteiger partial charge in [-0.05, 0) is 37.0 Å². The van der Waals surface area contributed by atoms with Gasteiger partial charge in [0.2, 0.25) is 11.8 Å². The van der Waals surface area contributed by atoms with Crippen LogP contribution in [0.1, 0.15) is 52.0 Å². The highest BCUT2D eigenvalue weighted by Crippen LogP contribution is 2.31. The standard InChI is InChI=1S/C18H26N2O2/c1-4-5-8-17(21)19-15-10-9-14-7-6-11-20(16(14)12-15)18(22)13(2)3/h9-10,12-13H,4-8,11H2,1-3H3,(H,19,21). The van der Waals surface area contributed by atoms with E-state index in [4.69, 9.17) is 0 Å². The highest BCUT2D eigenvalue weighted by molar-refractivity contribution is 5.97. The van der Waals surface area contributed by atoms with Crippen LogP contribution in [0.2, 0.25) is 0 Å². The SMILES string of the molecule is CCCCC(=O)Nc1ccc2c(c1)N(C(=O)C(C)C)CCC2. The van der Waals surface area contributed by atoms with E-state index in [1.165, 1.54) is 5.56 Å². The molecule has 0 spiro atoms. The lowest BCUT2D eigenvalue weighted by Gasteiger charge is -2.31. The largest absolute Gasteiger partial charge is 0.326 e. The number of carbonyl (C=O) groups is 2. The van der Waals surface area contributed by atoms with Crippen molar-refractivity contribution in [1.29, 1.82) is 0 Å². The quantitative estimate of drug-likeness (QED) is 0.900. The van der Waals surface area contributed by atoms with Gasteiger partial charge < -0.3 is 10.2 Å². The molecular formula is C18H26N2O2. The number of fused-ring (bicyclic) bond motifs is 1. The van der Waals surface area contributed by atoms with E-state index in [1.807, 2.05) is 36.9 Å². The Morgan fingerprint density at radius 2 is 2.09 bits per heavy atom. The number of unbranched alkanes of at least 4 members (excludes halogenated alkanes) is 1. The average molecular weight is 302 g/mol. The molecule has 1 aromatic rings. The summed E-state index contributed by atoms with van der Waals surface area (Å²) in [5.41, 5.74) is 2.92. The number of hydrogen-bond donors (Lipinski definition) is 1. The molecule has 0 aliphatic carbocycles. The Kier molecular flexibility index (Phi) is 5.58. The molecule has 120 valence electrons. The van der Waals surface area contributed by atoms with Crippen molar-refractivity contribution < 1.29 is 9.59 Å². The third-order valence-electron chi connectivity index (χ3n) is 4.01. The Bertz CT molecular complexity index is 552. The number of benzene rings is 1. The van der Waals surface area contributed by atoms with Gasteiger partial charge in [0.1, 0.15) is 0 Å². The highest BCUT2D eigenvalue weighted by Gasteiger charge is 2.24. The minimum atomic E-state index is -0.0197. The molecule has 0 unspecified atom stereocenters. The zero-order valence-corrected chi connectivity index (χ0v) is 13.8. The molecule has 0 radical (unpaired) electrons. The first-order chi connectivity index (χ1) is 10.5. The highest BCUT2D eigenvalue weighted by atomic mass is 16.2. The van der Waals surface area contributed by atoms with Crippen LogP contribution in [0.5, 0.6) is 0 Å². The van der Waals surface area contributed by atoms with Crippen LogP contribution in [0.25, 0.3) is 0 Å². The van der Waals surface area contributed by atoms with Gasteiger partial charge in [-0.1, -0.05) is 33.3 Å². The number of anilines is 2. The van der Waals surface area contributed by atoms with Crippen molar-refractivity contribution in [2.75, 3.05) is 16.8 Å². The van der Waals surface area contributed by atoms with Crippen LogP contribution in [0.4, 0.5) is 11.4 Å². The summed E-state index contributed by atoms with van der Waals surface area (Å²) >= 11 is 0. The van der Waals surface area contributed by atoms with Crippen LogP contribution in [-0.4, -0.2) is 18.4 Å². The smallest absolute Gasteiger partial charge is 0.229 e. The summed E-state index contributed by atoms with van der Waals surface area (Å²) in [4.78, 5) is 26.1. The van der Waals surface area contributed by atoms with Gasteiger partial charge in [0, 0.05) is 30.3 Å². The molecule has 0 bridgehead atoms. The molecule has 1 aliphatic rings. The predicted molar refractivity (Wildman–Crippen MR) is 90.1 cm³/mol. The van der Waals surface area contributed by atoms with Gasteiger partial charge in [0.15, 0.2) is 0 Å². The molecule has 0 fully saturated rings. The minimum absolute atomic E-state index is 0.0197. The third-order valence-corrected chi connectivity index (χ3v) is 4.01. The number of hydrogen-bond acceptors (Lipinski definition) is 2. The Balaban J connectivity index is 2.18. The van der Waals surface area contributed by atoms with Gasteiger partial charge in [-0.15, -0.1) is 0 Å². The van der Waals surface area contributed by atoms with E-state index < -0.39 is 0 Å². The van der Waals surface area contributed by atoms with E-state index in [2.05, 4.69) is 12.2 Å². The number of carbonyl (C=O) groups excluding carboxylic acids is 2. The summed E-state index contributed by atoms with van der Waals surface area (Å²) in [5.74, 6) is 0.170. The summed E-state index contributed by atoms with van der Waals surface area (Å²) in [5, 5.41) is 2.94. The Labute approximate surface area is 132 Å². The lowest BCUT2D eigenvalue weighted by molar-refractivity contribution is -0.121. The van der Waals surface area contributed by atoms with E-state index in [-0.39, 0.29) is 17.7 Å². The Morgan fingerprint density at radius 3 is 2.77 bits per heavy atom. The van der Waals surface area contributed by atoms with Crippen molar-refractivity contribution in [3.8, 4) is 0 Å². The molecule has 1 N–H and O–H groups in total. The maximum absolute atomic E-state index is 12.4. The maximum Gasteiger partial charge on any atom is 0.229 e. The molecule has 0 atom stereocenters. The molecule has 0 aromatic heterocycles. The summed E-state index contributed by atoms with van der Waals surface area (Å²) in [6.07, 6.45) is 4.43. The average Bonchev–Trinajstić information content (AvgIpc) is 2.51. The summed E-state index contributed by atoms with van der Waals surface area (Å²) in [6, 6.07) is 5.91. The van der Waals surface area contributed by atoms with Crippen molar-refractivity contribution in [2.45, 2.75) is 52.9 Å². The van der Waals surface area contributed by atoms with Crippen LogP contribution in [0.15, 0.2) is 18.2 Å². The van der Waals surface area contributed by atoms with Crippen molar-refractivity contribution in [1.82, 2.24) is 0 Å². The van der Waals surface area contributed by atoms with Gasteiger partial charge in [-0.25, -0.2) is 0 Å². The van der Waals surface area contributed by atoms with E-state index >= 15 is 0 Å². The van der Waals surface area contributed by atoms with Crippen molar-refractivity contribution >= 4 is 23.2 Å². The van der Waals surface area contributed by atoms with Gasteiger partial charge in [-0.3, -0.25) is 9.59 Å². The normalized spacial score (nSPS) is 13.9. The lowest BCUT2D eigenvalue weighted by Crippen LogP contribution is -2.38. The fraction of sp³-hybridized carbons (Fsp3) is 0.556. The first-order valence-corrected chi connectivity index (χ1v) is 8.27. The topological polar surface area (TPSA) is 49.4 Å². The van der Waals surface area contributed by atoms with Crippen molar-refractivity contribution in [3.63, 3.8) is 0 Å². The first kappa shape index (κ1) is 16.5. The molecular weight excluding hydrogens is 276 g/mol. The second-order valence-electron chi connectivity index (χ2n) is 6.24. The molecule has 0 saturated heterocycles. The van der Waals surface area contributed by atoms with Gasteiger partial charge >= 0.3 is 0 Å². The number of nitrogens with zero attached hydrogens (tertiary/aromatic N) is 1. The molecule has 0 saturated carbocycles. The van der Waals surface area contributed by atoms with Crippen LogP contribution in [-0.2, 0) is 16.0 Å². The minimum Gasteiger partial charge on any atom is -0.326 e. The molecule has 4 heteroatoms. The Hall–Kier alpha value is -1.84. The van der Waals surface area contributed by atoms with Gasteiger partial charge in [0.25, 0.3) is 0 Å². The predicted octanol–water partition coefficient (Wildman–Crippen LogP) is 3.75. The van der Waals surface area contributed by atoms with Crippen LogP contribution >= 0.6 is 0 Å². The molecule has 2 rings (SSSR count). The monoisotopic (exact) mass is 302 g/mol. The molecule has 4 nitrogen and oxygen atoms in total. The van der Waals surface area contributed by atoms with E-state index in [0.29, 0.717) is 6.42 Å². The van der Waals surface area contributed by atoms with Gasteiger partial charge in [0.05, 0.1) is 0 Å². The van der Waals surface area contributed by atoms with Crippen LogP contribution in [0, 0.1) is 5.92 Å². The van der Waals surface area contributed by atoms with Crippen molar-refractivity contribution in [3.05, 3.63) is 23.8 Å². The van der Waals surface area contributed by atoms with Crippen LogP contribution < -0.4 is 10.2 Å². The Morgan fingerprint density at radius 1 is 1.32 bits per heavy atom. The fourth-order valence-corrected chi connectivity index (χ4v) is 2.75. The lowest BCUT2D eigenvalue weighted by atomic mass is 9.99. The number of amides is 2. The summed E-state index contributed by atoms with van der Waals surface area (Å²) in [7, 11) is 0. The molecule has 1 aliphatic heterocycles. The number of aryl methyl sites for hydroxylation is 1. The zero-order chi connectivity index (χ0) is 16.1. The first-order valence-electron chi connectivity index (χ1n) is 8.27. The van der Waals surface area contributed by atoms with E-state index in [0.717, 1.165) is 43.6 Å². The maximum atomic E-state index is 12.4. The third kappa shape index (κ3) is 3.87. The fourth-order valence-electron chi connectivity index (χ4n) is 2.75. The van der Waals surface area contributed by atoms with Crippen molar-refractivity contribution in [2.24, 2.45) is 5.92 Å². The van der Waals surface area contributed by atoms with E-state index in [9.17, 15) is 9.59 Å².